The third-order valence-corrected chi connectivity index (χ3v) is 2.46. The normalized spacial score (nSPS) is 15.4. The van der Waals surface area contributed by atoms with Crippen LogP contribution >= 0.6 is 0 Å². The Morgan fingerprint density at radius 1 is 1.36 bits per heavy atom. The minimum absolute atomic E-state index is 0.0449. The van der Waals surface area contributed by atoms with Crippen molar-refractivity contribution in [3.05, 3.63) is 35.4 Å². The molecule has 0 heterocycles. The van der Waals surface area contributed by atoms with Crippen molar-refractivity contribution in [3.8, 4) is 0 Å². The average molecular weight is 192 g/mol. The summed E-state index contributed by atoms with van der Waals surface area (Å²) in [6, 6.07) is 8.13. The van der Waals surface area contributed by atoms with Crippen molar-refractivity contribution in [1.29, 1.82) is 0 Å². The molecule has 0 fully saturated rings. The molecule has 0 aliphatic heterocycles. The molecule has 74 valence electrons. The largest absolute Gasteiger partial charge is 0.480 e. The third kappa shape index (κ3) is 1.93. The molecule has 0 saturated heterocycles. The smallest absolute Gasteiger partial charge is 0.329 e. The van der Waals surface area contributed by atoms with Gasteiger partial charge in [-0.25, -0.2) is 4.79 Å². The highest BCUT2D eigenvalue weighted by Crippen LogP contribution is 2.23. The zero-order chi connectivity index (χ0) is 9.97. The van der Waals surface area contributed by atoms with E-state index in [1.807, 2.05) is 12.1 Å². The Balaban J connectivity index is 1.95. The standard InChI is InChI=1S/C11H12O3/c12-11(13)7-14-10-5-8-3-1-2-4-9(8)6-10/h1-4,10H,5-7H2,(H,12,13). The predicted octanol–water partition coefficient (Wildman–Crippen LogP) is 1.26. The Kier molecular flexibility index (Phi) is 2.50. The van der Waals surface area contributed by atoms with Crippen LogP contribution in [0.3, 0.4) is 0 Å². The van der Waals surface area contributed by atoms with Crippen LogP contribution in [0.25, 0.3) is 0 Å². The molecule has 0 radical (unpaired) electrons. The third-order valence-electron chi connectivity index (χ3n) is 2.46. The van der Waals surface area contributed by atoms with Gasteiger partial charge in [0.25, 0.3) is 0 Å². The summed E-state index contributed by atoms with van der Waals surface area (Å²) in [5, 5.41) is 8.47. The molecule has 0 saturated carbocycles. The minimum Gasteiger partial charge on any atom is -0.480 e. The number of benzene rings is 1. The first-order valence-corrected chi connectivity index (χ1v) is 4.66. The van der Waals surface area contributed by atoms with E-state index in [2.05, 4.69) is 12.1 Å². The van der Waals surface area contributed by atoms with E-state index in [1.165, 1.54) is 11.1 Å². The number of ether oxygens (including phenoxy) is 1. The summed E-state index contributed by atoms with van der Waals surface area (Å²) in [7, 11) is 0. The molecule has 0 spiro atoms. The van der Waals surface area contributed by atoms with Gasteiger partial charge in [0.05, 0.1) is 6.10 Å². The lowest BCUT2D eigenvalue weighted by molar-refractivity contribution is -0.144. The summed E-state index contributed by atoms with van der Waals surface area (Å²) in [4.78, 5) is 10.3. The maximum absolute atomic E-state index is 10.3. The molecular weight excluding hydrogens is 180 g/mol. The van der Waals surface area contributed by atoms with Crippen molar-refractivity contribution in [3.63, 3.8) is 0 Å². The zero-order valence-corrected chi connectivity index (χ0v) is 7.77. The van der Waals surface area contributed by atoms with Gasteiger partial charge in [0.2, 0.25) is 0 Å². The van der Waals surface area contributed by atoms with Crippen molar-refractivity contribution >= 4 is 5.97 Å². The van der Waals surface area contributed by atoms with Crippen molar-refractivity contribution < 1.29 is 14.6 Å². The first-order chi connectivity index (χ1) is 6.75. The molecular formula is C11H12O3. The fourth-order valence-electron chi connectivity index (χ4n) is 1.83. The lowest BCUT2D eigenvalue weighted by Gasteiger charge is -2.07. The lowest BCUT2D eigenvalue weighted by atomic mass is 10.1. The van der Waals surface area contributed by atoms with Crippen LogP contribution in [0.15, 0.2) is 24.3 Å². The van der Waals surface area contributed by atoms with Gasteiger partial charge >= 0.3 is 5.97 Å². The number of hydrogen-bond acceptors (Lipinski definition) is 2. The summed E-state index contributed by atoms with van der Waals surface area (Å²) in [6.45, 7) is -0.196. The fourth-order valence-corrected chi connectivity index (χ4v) is 1.83. The molecule has 1 aromatic rings. The molecule has 1 N–H and O–H groups in total. The summed E-state index contributed by atoms with van der Waals surface area (Å²) >= 11 is 0. The van der Waals surface area contributed by atoms with E-state index in [-0.39, 0.29) is 12.7 Å². The fraction of sp³-hybridized carbons (Fsp3) is 0.364. The van der Waals surface area contributed by atoms with Gasteiger partial charge < -0.3 is 9.84 Å². The van der Waals surface area contributed by atoms with Crippen LogP contribution in [-0.4, -0.2) is 23.8 Å². The molecule has 0 amide bonds. The van der Waals surface area contributed by atoms with E-state index in [0.29, 0.717) is 0 Å². The number of carbonyl (C=O) groups is 1. The second-order valence-electron chi connectivity index (χ2n) is 3.50. The van der Waals surface area contributed by atoms with Gasteiger partial charge in [0.1, 0.15) is 6.61 Å². The van der Waals surface area contributed by atoms with Crippen LogP contribution in [0, 0.1) is 0 Å². The van der Waals surface area contributed by atoms with E-state index in [4.69, 9.17) is 9.84 Å². The Labute approximate surface area is 82.3 Å². The second-order valence-corrected chi connectivity index (χ2v) is 3.50. The number of carboxylic acid groups (broad SMARTS) is 1. The average Bonchev–Trinajstić information content (AvgIpc) is 2.57. The first-order valence-electron chi connectivity index (χ1n) is 4.66. The molecule has 0 aromatic heterocycles. The Morgan fingerprint density at radius 3 is 2.43 bits per heavy atom. The van der Waals surface area contributed by atoms with Crippen LogP contribution < -0.4 is 0 Å². The molecule has 1 aliphatic rings. The molecule has 14 heavy (non-hydrogen) atoms. The Morgan fingerprint density at radius 2 is 1.93 bits per heavy atom. The molecule has 0 unspecified atom stereocenters. The van der Waals surface area contributed by atoms with Crippen molar-refractivity contribution in [1.82, 2.24) is 0 Å². The predicted molar refractivity (Wildman–Crippen MR) is 51.2 cm³/mol. The highest BCUT2D eigenvalue weighted by molar-refractivity contribution is 5.68. The van der Waals surface area contributed by atoms with Crippen LogP contribution in [0.5, 0.6) is 0 Å². The van der Waals surface area contributed by atoms with Gasteiger partial charge in [0.15, 0.2) is 0 Å². The number of fused-ring (bicyclic) bond motifs is 1. The van der Waals surface area contributed by atoms with Crippen molar-refractivity contribution in [2.24, 2.45) is 0 Å². The number of aliphatic carboxylic acids is 1. The van der Waals surface area contributed by atoms with E-state index < -0.39 is 5.97 Å². The molecule has 1 aromatic carbocycles. The number of hydrogen-bond donors (Lipinski definition) is 1. The van der Waals surface area contributed by atoms with Crippen LogP contribution in [0.4, 0.5) is 0 Å². The molecule has 3 heteroatoms. The van der Waals surface area contributed by atoms with Crippen molar-refractivity contribution in [2.75, 3.05) is 6.61 Å². The molecule has 1 aliphatic carbocycles. The highest BCUT2D eigenvalue weighted by atomic mass is 16.5. The maximum atomic E-state index is 10.3. The summed E-state index contributed by atoms with van der Waals surface area (Å²) < 4.78 is 5.25. The summed E-state index contributed by atoms with van der Waals surface area (Å²) in [5.41, 5.74) is 2.56. The van der Waals surface area contributed by atoms with Gasteiger partial charge in [-0.2, -0.15) is 0 Å². The van der Waals surface area contributed by atoms with E-state index >= 15 is 0 Å². The number of rotatable bonds is 3. The van der Waals surface area contributed by atoms with Gasteiger partial charge in [-0.05, 0) is 24.0 Å². The molecule has 2 rings (SSSR count). The zero-order valence-electron chi connectivity index (χ0n) is 7.77. The first kappa shape index (κ1) is 9.21. The topological polar surface area (TPSA) is 46.5 Å². The second kappa shape index (κ2) is 3.80. The van der Waals surface area contributed by atoms with Crippen molar-refractivity contribution in [2.45, 2.75) is 18.9 Å². The quantitative estimate of drug-likeness (QED) is 0.784. The Hall–Kier alpha value is -1.35. The van der Waals surface area contributed by atoms with Gasteiger partial charge in [-0.15, -0.1) is 0 Å². The summed E-state index contributed by atoms with van der Waals surface area (Å²) in [6.07, 6.45) is 1.72. The Bertz CT molecular complexity index is 321. The molecule has 0 bridgehead atoms. The van der Waals surface area contributed by atoms with E-state index in [1.54, 1.807) is 0 Å². The summed E-state index contributed by atoms with van der Waals surface area (Å²) in [5.74, 6) is -0.902. The highest BCUT2D eigenvalue weighted by Gasteiger charge is 2.21. The number of carboxylic acids is 1. The van der Waals surface area contributed by atoms with E-state index in [9.17, 15) is 4.79 Å². The van der Waals surface area contributed by atoms with Gasteiger partial charge in [0, 0.05) is 0 Å². The van der Waals surface area contributed by atoms with Crippen LogP contribution in [-0.2, 0) is 22.4 Å². The van der Waals surface area contributed by atoms with Gasteiger partial charge in [-0.1, -0.05) is 24.3 Å². The SMILES string of the molecule is O=C(O)COC1Cc2ccccc2C1. The van der Waals surface area contributed by atoms with Crippen LogP contribution in [0.1, 0.15) is 11.1 Å². The minimum atomic E-state index is -0.902. The maximum Gasteiger partial charge on any atom is 0.329 e. The molecule has 3 nitrogen and oxygen atoms in total. The lowest BCUT2D eigenvalue weighted by Crippen LogP contribution is -2.18. The van der Waals surface area contributed by atoms with Crippen LogP contribution in [0.2, 0.25) is 0 Å². The monoisotopic (exact) mass is 192 g/mol. The van der Waals surface area contributed by atoms with E-state index in [0.717, 1.165) is 12.8 Å². The van der Waals surface area contributed by atoms with Gasteiger partial charge in [-0.3, -0.25) is 0 Å². The molecule has 0 atom stereocenters.